The fraction of sp³-hybridized carbons (Fsp3) is 1.00. The Kier molecular flexibility index (Phi) is 3.47. The first-order chi connectivity index (χ1) is 5.58. The highest BCUT2D eigenvalue weighted by Crippen LogP contribution is 2.46. The van der Waals surface area contributed by atoms with Crippen molar-refractivity contribution in [1.29, 1.82) is 0 Å². The van der Waals surface area contributed by atoms with Gasteiger partial charge in [-0.25, -0.2) is 0 Å². The summed E-state index contributed by atoms with van der Waals surface area (Å²) < 4.78 is 0.495. The molecule has 2 unspecified atom stereocenters. The molecule has 0 aromatic heterocycles. The Morgan fingerprint density at radius 1 is 1.58 bits per heavy atom. The van der Waals surface area contributed by atoms with Crippen LogP contribution < -0.4 is 5.73 Å². The van der Waals surface area contributed by atoms with Crippen molar-refractivity contribution in [2.24, 2.45) is 17.6 Å². The summed E-state index contributed by atoms with van der Waals surface area (Å²) in [4.78, 5) is 0. The zero-order chi connectivity index (χ0) is 9.19. The van der Waals surface area contributed by atoms with Gasteiger partial charge in [0.15, 0.2) is 0 Å². The molecular weight excluding hydrogens is 166 g/mol. The minimum absolute atomic E-state index is 0.495. The summed E-state index contributed by atoms with van der Waals surface area (Å²) in [5.41, 5.74) is 5.58. The van der Waals surface area contributed by atoms with Gasteiger partial charge < -0.3 is 5.73 Å². The van der Waals surface area contributed by atoms with Crippen LogP contribution in [0.3, 0.4) is 0 Å². The number of hydrogen-bond acceptors (Lipinski definition) is 2. The van der Waals surface area contributed by atoms with Crippen LogP contribution in [0.2, 0.25) is 0 Å². The van der Waals surface area contributed by atoms with E-state index in [1.807, 2.05) is 0 Å². The lowest BCUT2D eigenvalue weighted by molar-refractivity contribution is 0.292. The molecule has 2 N–H and O–H groups in total. The Labute approximate surface area is 80.5 Å². The fourth-order valence-corrected chi connectivity index (χ4v) is 3.80. The highest BCUT2D eigenvalue weighted by molar-refractivity contribution is 8.00. The van der Waals surface area contributed by atoms with E-state index < -0.39 is 0 Å². The maximum atomic E-state index is 5.58. The Bertz CT molecular complexity index is 145. The molecule has 1 rings (SSSR count). The summed E-state index contributed by atoms with van der Waals surface area (Å²) >= 11 is 2.12. The van der Waals surface area contributed by atoms with Crippen LogP contribution in [0, 0.1) is 11.8 Å². The quantitative estimate of drug-likeness (QED) is 0.734. The standard InChI is InChI=1S/C10H21NS/c1-8(4-6-11)9-5-7-12-10(9,2)3/h8-9H,4-7,11H2,1-3H3. The van der Waals surface area contributed by atoms with Gasteiger partial charge in [0.1, 0.15) is 0 Å². The van der Waals surface area contributed by atoms with Crippen LogP contribution in [0.4, 0.5) is 0 Å². The molecule has 0 aromatic carbocycles. The van der Waals surface area contributed by atoms with Gasteiger partial charge in [-0.1, -0.05) is 20.8 Å². The molecule has 1 fully saturated rings. The van der Waals surface area contributed by atoms with Crippen LogP contribution in [-0.4, -0.2) is 17.0 Å². The first kappa shape index (κ1) is 10.4. The van der Waals surface area contributed by atoms with Crippen molar-refractivity contribution in [3.63, 3.8) is 0 Å². The zero-order valence-corrected chi connectivity index (χ0v) is 9.29. The number of hydrogen-bond donors (Lipinski definition) is 1. The molecule has 0 bridgehead atoms. The molecule has 12 heavy (non-hydrogen) atoms. The second-order valence-corrected chi connectivity index (χ2v) is 6.15. The molecule has 0 amide bonds. The molecule has 0 aliphatic carbocycles. The van der Waals surface area contributed by atoms with E-state index in [0.717, 1.165) is 18.4 Å². The average molecular weight is 187 g/mol. The van der Waals surface area contributed by atoms with E-state index >= 15 is 0 Å². The van der Waals surface area contributed by atoms with E-state index in [2.05, 4.69) is 32.5 Å². The van der Waals surface area contributed by atoms with Gasteiger partial charge in [0.05, 0.1) is 0 Å². The highest BCUT2D eigenvalue weighted by Gasteiger charge is 2.37. The largest absolute Gasteiger partial charge is 0.330 e. The minimum Gasteiger partial charge on any atom is -0.330 e. The first-order valence-corrected chi connectivity index (χ1v) is 5.90. The summed E-state index contributed by atoms with van der Waals surface area (Å²) in [5, 5.41) is 0. The van der Waals surface area contributed by atoms with Crippen molar-refractivity contribution in [3.05, 3.63) is 0 Å². The van der Waals surface area contributed by atoms with Gasteiger partial charge in [-0.2, -0.15) is 11.8 Å². The monoisotopic (exact) mass is 187 g/mol. The maximum absolute atomic E-state index is 5.58. The van der Waals surface area contributed by atoms with E-state index in [-0.39, 0.29) is 0 Å². The predicted molar refractivity (Wildman–Crippen MR) is 57.5 cm³/mol. The number of nitrogens with two attached hydrogens (primary N) is 1. The zero-order valence-electron chi connectivity index (χ0n) is 8.47. The fourth-order valence-electron chi connectivity index (χ4n) is 2.34. The van der Waals surface area contributed by atoms with Crippen LogP contribution in [0.1, 0.15) is 33.6 Å². The minimum atomic E-state index is 0.495. The van der Waals surface area contributed by atoms with E-state index in [4.69, 9.17) is 5.73 Å². The Morgan fingerprint density at radius 3 is 2.67 bits per heavy atom. The van der Waals surface area contributed by atoms with E-state index in [0.29, 0.717) is 4.75 Å². The molecule has 1 saturated heterocycles. The third kappa shape index (κ3) is 2.17. The predicted octanol–water partition coefficient (Wildman–Crippen LogP) is 2.50. The maximum Gasteiger partial charge on any atom is 0.0134 e. The normalized spacial score (nSPS) is 30.5. The summed E-state index contributed by atoms with van der Waals surface area (Å²) in [6, 6.07) is 0. The van der Waals surface area contributed by atoms with Crippen LogP contribution in [0.15, 0.2) is 0 Å². The molecule has 72 valence electrons. The Hall–Kier alpha value is 0.310. The summed E-state index contributed by atoms with van der Waals surface area (Å²) in [6.07, 6.45) is 2.58. The van der Waals surface area contributed by atoms with Gasteiger partial charge >= 0.3 is 0 Å². The van der Waals surface area contributed by atoms with Crippen molar-refractivity contribution in [3.8, 4) is 0 Å². The molecular formula is C10H21NS. The molecule has 1 aliphatic heterocycles. The molecule has 0 radical (unpaired) electrons. The Morgan fingerprint density at radius 2 is 2.25 bits per heavy atom. The van der Waals surface area contributed by atoms with Crippen molar-refractivity contribution in [2.45, 2.75) is 38.4 Å². The third-order valence-electron chi connectivity index (χ3n) is 3.10. The van der Waals surface area contributed by atoms with Crippen molar-refractivity contribution in [2.75, 3.05) is 12.3 Å². The topological polar surface area (TPSA) is 26.0 Å². The lowest BCUT2D eigenvalue weighted by atomic mass is 9.80. The van der Waals surface area contributed by atoms with Gasteiger partial charge in [0, 0.05) is 4.75 Å². The average Bonchev–Trinajstić information content (AvgIpc) is 2.30. The van der Waals surface area contributed by atoms with Crippen LogP contribution in [-0.2, 0) is 0 Å². The molecule has 2 atom stereocenters. The smallest absolute Gasteiger partial charge is 0.0134 e. The Balaban J connectivity index is 2.50. The second-order valence-electron chi connectivity index (χ2n) is 4.40. The highest BCUT2D eigenvalue weighted by atomic mass is 32.2. The van der Waals surface area contributed by atoms with Crippen LogP contribution in [0.5, 0.6) is 0 Å². The molecule has 2 heteroatoms. The molecule has 1 aliphatic rings. The van der Waals surface area contributed by atoms with Crippen molar-refractivity contribution in [1.82, 2.24) is 0 Å². The van der Waals surface area contributed by atoms with Gasteiger partial charge in [-0.3, -0.25) is 0 Å². The SMILES string of the molecule is CC(CCN)C1CCSC1(C)C. The lowest BCUT2D eigenvalue weighted by Crippen LogP contribution is -2.29. The van der Waals surface area contributed by atoms with Crippen LogP contribution >= 0.6 is 11.8 Å². The third-order valence-corrected chi connectivity index (χ3v) is 4.59. The number of thioether (sulfide) groups is 1. The van der Waals surface area contributed by atoms with Crippen LogP contribution in [0.25, 0.3) is 0 Å². The summed E-state index contributed by atoms with van der Waals surface area (Å²) in [6.45, 7) is 7.95. The molecule has 1 nitrogen and oxygen atoms in total. The summed E-state index contributed by atoms with van der Waals surface area (Å²) in [7, 11) is 0. The van der Waals surface area contributed by atoms with E-state index in [1.165, 1.54) is 18.6 Å². The van der Waals surface area contributed by atoms with Gasteiger partial charge in [-0.15, -0.1) is 0 Å². The molecule has 0 saturated carbocycles. The molecule has 0 spiro atoms. The van der Waals surface area contributed by atoms with Gasteiger partial charge in [0.25, 0.3) is 0 Å². The lowest BCUT2D eigenvalue weighted by Gasteiger charge is -2.31. The van der Waals surface area contributed by atoms with E-state index in [1.54, 1.807) is 0 Å². The van der Waals surface area contributed by atoms with Crippen molar-refractivity contribution < 1.29 is 0 Å². The first-order valence-electron chi connectivity index (χ1n) is 4.92. The summed E-state index contributed by atoms with van der Waals surface area (Å²) in [5.74, 6) is 3.03. The molecule has 1 heterocycles. The van der Waals surface area contributed by atoms with Crippen molar-refractivity contribution >= 4 is 11.8 Å². The number of rotatable bonds is 3. The van der Waals surface area contributed by atoms with Gasteiger partial charge in [0.2, 0.25) is 0 Å². The van der Waals surface area contributed by atoms with Gasteiger partial charge in [-0.05, 0) is 37.0 Å². The second kappa shape index (κ2) is 4.01. The molecule has 0 aromatic rings. The van der Waals surface area contributed by atoms with E-state index in [9.17, 15) is 0 Å².